The topological polar surface area (TPSA) is 67.8 Å². The molecule has 5 nitrogen and oxygen atoms in total. The minimum absolute atomic E-state index is 0.475. The highest BCUT2D eigenvalue weighted by Gasteiger charge is 2.34. The van der Waals surface area contributed by atoms with E-state index >= 15 is 0 Å². The van der Waals surface area contributed by atoms with Crippen LogP contribution in [0, 0.1) is 0 Å². The lowest BCUT2D eigenvalue weighted by Gasteiger charge is -2.26. The Balaban J connectivity index is 2.58. The predicted octanol–water partition coefficient (Wildman–Crippen LogP) is 2.44. The molecule has 0 saturated carbocycles. The molecule has 0 heterocycles. The Bertz CT molecular complexity index is 432. The van der Waals surface area contributed by atoms with Gasteiger partial charge in [-0.1, -0.05) is 25.5 Å². The van der Waals surface area contributed by atoms with Crippen molar-refractivity contribution in [3.8, 4) is 5.75 Å². The molecule has 1 aromatic carbocycles. The maximum absolute atomic E-state index is 11.3. The number of aliphatic carboxylic acids is 1. The number of methoxy groups -OCH3 is 1. The van der Waals surface area contributed by atoms with Crippen LogP contribution in [0.5, 0.6) is 5.75 Å². The number of hydrogen-bond donors (Lipinski definition) is 2. The Morgan fingerprint density at radius 3 is 2.52 bits per heavy atom. The van der Waals surface area contributed by atoms with Gasteiger partial charge < -0.3 is 19.9 Å². The summed E-state index contributed by atoms with van der Waals surface area (Å²) in [5, 5.41) is 12.5. The third kappa shape index (κ3) is 5.73. The largest absolute Gasteiger partial charge is 0.478 e. The lowest BCUT2D eigenvalue weighted by Crippen LogP contribution is -2.41. The Morgan fingerprint density at radius 2 is 2.00 bits per heavy atom. The van der Waals surface area contributed by atoms with Crippen molar-refractivity contribution in [1.82, 2.24) is 5.32 Å². The van der Waals surface area contributed by atoms with Crippen LogP contribution in [0.3, 0.4) is 0 Å². The standard InChI is InChI=1S/C16H25NO4/c1-4-9-16(2,15(18)19)21-14-7-5-13(6-8-14)12-17-10-11-20-3/h5-8,17H,4,9-12H2,1-3H3,(H,18,19). The summed E-state index contributed by atoms with van der Waals surface area (Å²) in [6.07, 6.45) is 1.23. The summed E-state index contributed by atoms with van der Waals surface area (Å²) in [5.74, 6) is -0.358. The maximum Gasteiger partial charge on any atom is 0.347 e. The molecule has 1 rings (SSSR count). The number of benzene rings is 1. The summed E-state index contributed by atoms with van der Waals surface area (Å²) in [7, 11) is 1.67. The molecule has 0 aliphatic carbocycles. The van der Waals surface area contributed by atoms with Gasteiger partial charge in [0.25, 0.3) is 0 Å². The van der Waals surface area contributed by atoms with Gasteiger partial charge in [-0.05, 0) is 31.0 Å². The van der Waals surface area contributed by atoms with Crippen molar-refractivity contribution in [3.05, 3.63) is 29.8 Å². The zero-order chi connectivity index (χ0) is 15.7. The summed E-state index contributed by atoms with van der Waals surface area (Å²) < 4.78 is 10.6. The van der Waals surface area contributed by atoms with Gasteiger partial charge in [0.15, 0.2) is 0 Å². The summed E-state index contributed by atoms with van der Waals surface area (Å²) in [4.78, 5) is 11.3. The number of hydrogen-bond acceptors (Lipinski definition) is 4. The van der Waals surface area contributed by atoms with Gasteiger partial charge in [-0.25, -0.2) is 4.79 Å². The van der Waals surface area contributed by atoms with Crippen molar-refractivity contribution in [2.24, 2.45) is 0 Å². The van der Waals surface area contributed by atoms with Gasteiger partial charge >= 0.3 is 5.97 Å². The van der Waals surface area contributed by atoms with Crippen molar-refractivity contribution in [3.63, 3.8) is 0 Å². The predicted molar refractivity (Wildman–Crippen MR) is 81.6 cm³/mol. The average Bonchev–Trinajstić information content (AvgIpc) is 2.45. The fourth-order valence-electron chi connectivity index (χ4n) is 2.02. The van der Waals surface area contributed by atoms with Crippen LogP contribution in [0.15, 0.2) is 24.3 Å². The number of carbonyl (C=O) groups is 1. The molecule has 1 aromatic rings. The highest BCUT2D eigenvalue weighted by atomic mass is 16.5. The van der Waals surface area contributed by atoms with Crippen LogP contribution in [0.2, 0.25) is 0 Å². The second kappa shape index (κ2) is 8.64. The summed E-state index contributed by atoms with van der Waals surface area (Å²) in [6, 6.07) is 7.49. The molecule has 0 fully saturated rings. The molecule has 0 aliphatic rings. The van der Waals surface area contributed by atoms with Crippen LogP contribution < -0.4 is 10.1 Å². The van der Waals surface area contributed by atoms with E-state index in [9.17, 15) is 9.90 Å². The van der Waals surface area contributed by atoms with Crippen LogP contribution in [0.25, 0.3) is 0 Å². The van der Waals surface area contributed by atoms with Gasteiger partial charge in [-0.15, -0.1) is 0 Å². The average molecular weight is 295 g/mol. The second-order valence-corrected chi connectivity index (χ2v) is 5.20. The van der Waals surface area contributed by atoms with E-state index < -0.39 is 11.6 Å². The first-order chi connectivity index (χ1) is 10.0. The normalized spacial score (nSPS) is 13.7. The molecular weight excluding hydrogens is 270 g/mol. The van der Waals surface area contributed by atoms with Crippen LogP contribution in [-0.2, 0) is 16.1 Å². The summed E-state index contributed by atoms with van der Waals surface area (Å²) >= 11 is 0. The highest BCUT2D eigenvalue weighted by Crippen LogP contribution is 2.23. The van der Waals surface area contributed by atoms with Crippen molar-refractivity contribution in [2.45, 2.75) is 38.8 Å². The number of nitrogens with one attached hydrogen (secondary N) is 1. The third-order valence-electron chi connectivity index (χ3n) is 3.26. The van der Waals surface area contributed by atoms with E-state index in [0.29, 0.717) is 18.8 Å². The molecule has 0 radical (unpaired) electrons. The quantitative estimate of drug-likeness (QED) is 0.649. The molecular formula is C16H25NO4. The van der Waals surface area contributed by atoms with Gasteiger partial charge in [0.2, 0.25) is 5.60 Å². The molecule has 0 amide bonds. The van der Waals surface area contributed by atoms with Crippen LogP contribution >= 0.6 is 0 Å². The lowest BCUT2D eigenvalue weighted by atomic mass is 10.0. The number of carboxylic acid groups (broad SMARTS) is 1. The second-order valence-electron chi connectivity index (χ2n) is 5.20. The number of ether oxygens (including phenoxy) is 2. The summed E-state index contributed by atoms with van der Waals surface area (Å²) in [5.41, 5.74) is -0.0570. The Labute approximate surface area is 126 Å². The molecule has 0 aliphatic heterocycles. The van der Waals surface area contributed by atoms with E-state index in [2.05, 4.69) is 5.32 Å². The van der Waals surface area contributed by atoms with Crippen LogP contribution in [-0.4, -0.2) is 36.9 Å². The molecule has 0 bridgehead atoms. The van der Waals surface area contributed by atoms with Gasteiger partial charge in [0, 0.05) is 20.2 Å². The van der Waals surface area contributed by atoms with Crippen LogP contribution in [0.1, 0.15) is 32.3 Å². The zero-order valence-corrected chi connectivity index (χ0v) is 13.0. The molecule has 2 N–H and O–H groups in total. The van der Waals surface area contributed by atoms with Gasteiger partial charge in [0.05, 0.1) is 6.61 Å². The molecule has 1 atom stereocenters. The fourth-order valence-corrected chi connectivity index (χ4v) is 2.02. The number of rotatable bonds is 10. The SMILES string of the molecule is CCCC(C)(Oc1ccc(CNCCOC)cc1)C(=O)O. The molecule has 5 heteroatoms. The fraction of sp³-hybridized carbons (Fsp3) is 0.562. The minimum Gasteiger partial charge on any atom is -0.478 e. The Morgan fingerprint density at radius 1 is 1.33 bits per heavy atom. The molecule has 0 aromatic heterocycles. The first kappa shape index (κ1) is 17.5. The molecule has 0 spiro atoms. The van der Waals surface area contributed by atoms with Gasteiger partial charge in [-0.2, -0.15) is 0 Å². The van der Waals surface area contributed by atoms with Crippen molar-refractivity contribution >= 4 is 5.97 Å². The van der Waals surface area contributed by atoms with Crippen molar-refractivity contribution in [1.29, 1.82) is 0 Å². The molecule has 118 valence electrons. The van der Waals surface area contributed by atoms with Crippen molar-refractivity contribution in [2.75, 3.05) is 20.3 Å². The number of carboxylic acids is 1. The molecule has 21 heavy (non-hydrogen) atoms. The first-order valence-corrected chi connectivity index (χ1v) is 7.23. The van der Waals surface area contributed by atoms with E-state index in [1.165, 1.54) is 0 Å². The van der Waals surface area contributed by atoms with E-state index in [1.807, 2.05) is 31.2 Å². The molecule has 1 unspecified atom stereocenters. The van der Waals surface area contributed by atoms with Gasteiger partial charge in [-0.3, -0.25) is 0 Å². The lowest BCUT2D eigenvalue weighted by molar-refractivity contribution is -0.154. The first-order valence-electron chi connectivity index (χ1n) is 7.23. The van der Waals surface area contributed by atoms with Crippen LogP contribution in [0.4, 0.5) is 0 Å². The zero-order valence-electron chi connectivity index (χ0n) is 13.0. The van der Waals surface area contributed by atoms with Crippen molar-refractivity contribution < 1.29 is 19.4 Å². The minimum atomic E-state index is -1.17. The van der Waals surface area contributed by atoms with E-state index in [0.717, 1.165) is 25.1 Å². The van der Waals surface area contributed by atoms with Gasteiger partial charge in [0.1, 0.15) is 5.75 Å². The van der Waals surface area contributed by atoms with E-state index in [1.54, 1.807) is 14.0 Å². The Hall–Kier alpha value is -1.59. The maximum atomic E-state index is 11.3. The third-order valence-corrected chi connectivity index (χ3v) is 3.26. The Kier molecular flexibility index (Phi) is 7.19. The van der Waals surface area contributed by atoms with E-state index in [-0.39, 0.29) is 0 Å². The highest BCUT2D eigenvalue weighted by molar-refractivity contribution is 5.77. The monoisotopic (exact) mass is 295 g/mol. The van der Waals surface area contributed by atoms with E-state index in [4.69, 9.17) is 9.47 Å². The molecule has 0 saturated heterocycles. The summed E-state index contributed by atoms with van der Waals surface area (Å²) in [6.45, 7) is 5.77. The smallest absolute Gasteiger partial charge is 0.347 e.